The summed E-state index contributed by atoms with van der Waals surface area (Å²) in [6, 6.07) is 27.0. The second-order valence-corrected chi connectivity index (χ2v) is 9.60. The first-order valence-electron chi connectivity index (χ1n) is 12.3. The molecule has 4 aromatic rings. The van der Waals surface area contributed by atoms with Crippen molar-refractivity contribution in [2.24, 2.45) is 11.7 Å². The van der Waals surface area contributed by atoms with Gasteiger partial charge in [-0.25, -0.2) is 0 Å². The van der Waals surface area contributed by atoms with Crippen molar-refractivity contribution in [3.8, 4) is 28.4 Å². The quantitative estimate of drug-likeness (QED) is 0.328. The molecule has 0 amide bonds. The molecule has 6 rings (SSSR count). The number of aromatic hydroxyl groups is 1. The standard InChI is InChI=1S/C31H30N2O3/c1-35-28-10-6-5-9-21(28)22-15-27(34)29(36-2)16-23(22)31-25-14-19-7-3-4-8-20(19)30(25)24-13-18(17-32)11-12-26(24)33-31/h3-13,15-16,25,30-31,33-34H,14,17,32H2,1-2H3. The number of para-hydroxylation sites is 1. The van der Waals surface area contributed by atoms with E-state index in [1.54, 1.807) is 20.3 Å². The normalized spacial score (nSPS) is 19.6. The fourth-order valence-corrected chi connectivity index (χ4v) is 6.15. The lowest BCUT2D eigenvalue weighted by Crippen LogP contribution is -2.31. The van der Waals surface area contributed by atoms with Gasteiger partial charge in [-0.05, 0) is 70.0 Å². The molecule has 0 bridgehead atoms. The monoisotopic (exact) mass is 478 g/mol. The first kappa shape index (κ1) is 22.5. The molecule has 1 heterocycles. The van der Waals surface area contributed by atoms with E-state index in [9.17, 15) is 5.11 Å². The van der Waals surface area contributed by atoms with Crippen LogP contribution in [0.3, 0.4) is 0 Å². The summed E-state index contributed by atoms with van der Waals surface area (Å²) >= 11 is 0. The van der Waals surface area contributed by atoms with Crippen LogP contribution < -0.4 is 20.5 Å². The molecule has 5 nitrogen and oxygen atoms in total. The van der Waals surface area contributed by atoms with E-state index in [0.29, 0.717) is 12.3 Å². The van der Waals surface area contributed by atoms with Crippen molar-refractivity contribution in [3.05, 3.63) is 107 Å². The molecule has 5 heteroatoms. The average Bonchev–Trinajstić information content (AvgIpc) is 3.32. The Hall–Kier alpha value is -3.96. The van der Waals surface area contributed by atoms with E-state index in [4.69, 9.17) is 15.2 Å². The van der Waals surface area contributed by atoms with Crippen LogP contribution in [-0.2, 0) is 13.0 Å². The zero-order chi connectivity index (χ0) is 24.8. The summed E-state index contributed by atoms with van der Waals surface area (Å²) in [7, 11) is 3.27. The van der Waals surface area contributed by atoms with Crippen LogP contribution in [0, 0.1) is 5.92 Å². The summed E-state index contributed by atoms with van der Waals surface area (Å²) in [4.78, 5) is 0. The SMILES string of the molecule is COc1cc(C2Nc3ccc(CN)cc3C3c4ccccc4CC23)c(-c2ccccc2OC)cc1O. The molecule has 0 spiro atoms. The highest BCUT2D eigenvalue weighted by Gasteiger charge is 2.44. The van der Waals surface area contributed by atoms with E-state index in [0.717, 1.165) is 40.1 Å². The van der Waals surface area contributed by atoms with E-state index in [2.05, 4.69) is 47.8 Å². The van der Waals surface area contributed by atoms with Gasteiger partial charge in [-0.2, -0.15) is 0 Å². The number of phenols is 1. The molecule has 0 radical (unpaired) electrons. The molecule has 4 aromatic carbocycles. The lowest BCUT2D eigenvalue weighted by atomic mass is 9.74. The number of methoxy groups -OCH3 is 2. The van der Waals surface area contributed by atoms with Crippen molar-refractivity contribution in [2.45, 2.75) is 24.9 Å². The second-order valence-electron chi connectivity index (χ2n) is 9.60. The summed E-state index contributed by atoms with van der Waals surface area (Å²) in [6.45, 7) is 0.517. The van der Waals surface area contributed by atoms with Crippen LogP contribution in [0.2, 0.25) is 0 Å². The molecule has 4 N–H and O–H groups in total. The topological polar surface area (TPSA) is 76.7 Å². The molecule has 0 fully saturated rings. The van der Waals surface area contributed by atoms with Crippen molar-refractivity contribution in [2.75, 3.05) is 19.5 Å². The number of nitrogens with one attached hydrogen (secondary N) is 1. The molecule has 3 atom stereocenters. The predicted molar refractivity (Wildman–Crippen MR) is 143 cm³/mol. The maximum Gasteiger partial charge on any atom is 0.160 e. The molecule has 0 aromatic heterocycles. The Morgan fingerprint density at radius 3 is 2.42 bits per heavy atom. The summed E-state index contributed by atoms with van der Waals surface area (Å²) in [5.41, 5.74) is 15.3. The first-order chi connectivity index (χ1) is 17.6. The van der Waals surface area contributed by atoms with Gasteiger partial charge in [0.15, 0.2) is 11.5 Å². The zero-order valence-corrected chi connectivity index (χ0v) is 20.5. The number of ether oxygens (including phenoxy) is 2. The molecule has 2 aliphatic rings. The fourth-order valence-electron chi connectivity index (χ4n) is 6.15. The zero-order valence-electron chi connectivity index (χ0n) is 20.5. The molecular formula is C31H30N2O3. The molecule has 3 unspecified atom stereocenters. The number of hydrogen-bond acceptors (Lipinski definition) is 5. The van der Waals surface area contributed by atoms with Gasteiger partial charge in [0.2, 0.25) is 0 Å². The van der Waals surface area contributed by atoms with Crippen LogP contribution in [0.15, 0.2) is 78.9 Å². The molecule has 0 saturated carbocycles. The maximum absolute atomic E-state index is 10.8. The fraction of sp³-hybridized carbons (Fsp3) is 0.226. The van der Waals surface area contributed by atoms with Crippen molar-refractivity contribution < 1.29 is 14.6 Å². The minimum atomic E-state index is -0.00645. The molecular weight excluding hydrogens is 448 g/mol. The Labute approximate surface area is 211 Å². The molecule has 1 aliphatic heterocycles. The van der Waals surface area contributed by atoms with Crippen molar-refractivity contribution in [1.29, 1.82) is 0 Å². The van der Waals surface area contributed by atoms with Gasteiger partial charge in [-0.15, -0.1) is 0 Å². The van der Waals surface area contributed by atoms with Gasteiger partial charge >= 0.3 is 0 Å². The van der Waals surface area contributed by atoms with Gasteiger partial charge in [0.05, 0.1) is 20.3 Å². The largest absolute Gasteiger partial charge is 0.504 e. The summed E-state index contributed by atoms with van der Waals surface area (Å²) in [5.74, 6) is 1.86. The summed E-state index contributed by atoms with van der Waals surface area (Å²) in [6.07, 6.45) is 0.958. The number of benzene rings is 4. The maximum atomic E-state index is 10.8. The van der Waals surface area contributed by atoms with Crippen LogP contribution in [0.4, 0.5) is 5.69 Å². The van der Waals surface area contributed by atoms with Crippen LogP contribution in [-0.4, -0.2) is 19.3 Å². The Morgan fingerprint density at radius 2 is 1.61 bits per heavy atom. The minimum absolute atomic E-state index is 0.00645. The lowest BCUT2D eigenvalue weighted by Gasteiger charge is -2.39. The van der Waals surface area contributed by atoms with E-state index >= 15 is 0 Å². The summed E-state index contributed by atoms with van der Waals surface area (Å²) < 4.78 is 11.3. The average molecular weight is 479 g/mol. The number of phenolic OH excluding ortho intramolecular Hbond substituents is 1. The van der Waals surface area contributed by atoms with E-state index in [1.807, 2.05) is 30.3 Å². The minimum Gasteiger partial charge on any atom is -0.504 e. The third kappa shape index (κ3) is 3.50. The smallest absolute Gasteiger partial charge is 0.160 e. The highest BCUT2D eigenvalue weighted by molar-refractivity contribution is 5.78. The van der Waals surface area contributed by atoms with E-state index < -0.39 is 0 Å². The van der Waals surface area contributed by atoms with Gasteiger partial charge in [0.25, 0.3) is 0 Å². The van der Waals surface area contributed by atoms with Crippen LogP contribution >= 0.6 is 0 Å². The lowest BCUT2D eigenvalue weighted by molar-refractivity contribution is 0.370. The van der Waals surface area contributed by atoms with Crippen molar-refractivity contribution in [1.82, 2.24) is 0 Å². The second kappa shape index (κ2) is 8.92. The van der Waals surface area contributed by atoms with Crippen LogP contribution in [0.1, 0.15) is 39.8 Å². The molecule has 1 aliphatic carbocycles. The van der Waals surface area contributed by atoms with Gasteiger partial charge in [-0.1, -0.05) is 54.6 Å². The van der Waals surface area contributed by atoms with Crippen LogP contribution in [0.25, 0.3) is 11.1 Å². The molecule has 36 heavy (non-hydrogen) atoms. The van der Waals surface area contributed by atoms with Gasteiger partial charge < -0.3 is 25.6 Å². The Kier molecular flexibility index (Phi) is 5.57. The highest BCUT2D eigenvalue weighted by atomic mass is 16.5. The van der Waals surface area contributed by atoms with Crippen LogP contribution in [0.5, 0.6) is 17.2 Å². The number of hydrogen-bond donors (Lipinski definition) is 3. The Bertz CT molecular complexity index is 1450. The third-order valence-electron chi connectivity index (χ3n) is 7.78. The third-order valence-corrected chi connectivity index (χ3v) is 7.78. The first-order valence-corrected chi connectivity index (χ1v) is 12.3. The highest BCUT2D eigenvalue weighted by Crippen LogP contribution is 2.56. The van der Waals surface area contributed by atoms with Crippen molar-refractivity contribution in [3.63, 3.8) is 0 Å². The van der Waals surface area contributed by atoms with Gasteiger partial charge in [-0.3, -0.25) is 0 Å². The number of anilines is 1. The summed E-state index contributed by atoms with van der Waals surface area (Å²) in [5, 5.41) is 14.7. The van der Waals surface area contributed by atoms with Gasteiger partial charge in [0.1, 0.15) is 5.75 Å². The number of fused-ring (bicyclic) bond motifs is 5. The Morgan fingerprint density at radius 1 is 0.833 bits per heavy atom. The number of nitrogens with two attached hydrogens (primary N) is 1. The predicted octanol–water partition coefficient (Wildman–Crippen LogP) is 6.01. The molecule has 182 valence electrons. The number of rotatable bonds is 5. The van der Waals surface area contributed by atoms with Crippen molar-refractivity contribution >= 4 is 5.69 Å². The van der Waals surface area contributed by atoms with E-state index in [1.165, 1.54) is 16.7 Å². The Balaban J connectivity index is 1.58. The molecule has 0 saturated heterocycles. The van der Waals surface area contributed by atoms with E-state index in [-0.39, 0.29) is 23.6 Å². The van der Waals surface area contributed by atoms with Gasteiger partial charge in [0, 0.05) is 23.7 Å².